The van der Waals surface area contributed by atoms with Crippen LogP contribution in [0.1, 0.15) is 27.8 Å². The maximum absolute atomic E-state index is 12.7. The molecule has 2 rings (SSSR count). The van der Waals surface area contributed by atoms with Crippen molar-refractivity contribution >= 4 is 10.0 Å². The molecule has 0 aliphatic rings. The van der Waals surface area contributed by atoms with Gasteiger partial charge in [0.05, 0.1) is 4.90 Å². The van der Waals surface area contributed by atoms with Crippen LogP contribution in [-0.4, -0.2) is 15.0 Å². The van der Waals surface area contributed by atoms with Crippen molar-refractivity contribution in [1.82, 2.24) is 4.72 Å². The van der Waals surface area contributed by atoms with Gasteiger partial charge in [0, 0.05) is 6.54 Å². The Bertz CT molecular complexity index is 837. The highest BCUT2D eigenvalue weighted by Gasteiger charge is 2.21. The highest BCUT2D eigenvalue weighted by Crippen LogP contribution is 2.26. The minimum Gasteiger partial charge on any atom is -0.435 e. The molecule has 0 saturated carbocycles. The summed E-state index contributed by atoms with van der Waals surface area (Å²) >= 11 is 0. The van der Waals surface area contributed by atoms with Gasteiger partial charge in [-0.3, -0.25) is 0 Å². The molecule has 0 unspecified atom stereocenters. The lowest BCUT2D eigenvalue weighted by molar-refractivity contribution is -0.0498. The Hall–Kier alpha value is -1.99. The molecule has 0 aliphatic carbocycles. The number of rotatable bonds is 6. The van der Waals surface area contributed by atoms with E-state index in [4.69, 9.17) is 0 Å². The van der Waals surface area contributed by atoms with E-state index in [2.05, 4.69) is 9.46 Å². The van der Waals surface area contributed by atoms with E-state index in [0.717, 1.165) is 22.3 Å². The largest absolute Gasteiger partial charge is 0.435 e. The SMILES string of the molecule is Cc1cc(C)c(C)c(S(=O)(=O)NCc2ccc(OC(F)F)cc2)c1C. The molecule has 2 aromatic rings. The lowest BCUT2D eigenvalue weighted by Gasteiger charge is -2.16. The molecule has 0 radical (unpaired) electrons. The van der Waals surface area contributed by atoms with E-state index < -0.39 is 16.6 Å². The maximum atomic E-state index is 12.7. The number of hydrogen-bond donors (Lipinski definition) is 1. The number of aryl methyl sites for hydroxylation is 2. The quantitative estimate of drug-likeness (QED) is 0.837. The lowest BCUT2D eigenvalue weighted by atomic mass is 10.0. The Morgan fingerprint density at radius 3 is 2.00 bits per heavy atom. The van der Waals surface area contributed by atoms with Crippen LogP contribution in [0.3, 0.4) is 0 Å². The molecule has 136 valence electrons. The molecule has 0 fully saturated rings. The van der Waals surface area contributed by atoms with Crippen molar-refractivity contribution in [2.75, 3.05) is 0 Å². The lowest BCUT2D eigenvalue weighted by Crippen LogP contribution is -2.25. The fraction of sp³-hybridized carbons (Fsp3) is 0.333. The van der Waals surface area contributed by atoms with Gasteiger partial charge in [-0.05, 0) is 67.6 Å². The highest BCUT2D eigenvalue weighted by atomic mass is 32.2. The standard InChI is InChI=1S/C18H21F2NO3S/c1-11-9-12(2)14(4)17(13(11)3)25(22,23)21-10-15-5-7-16(8-6-15)24-18(19)20/h5-9,18,21H,10H2,1-4H3. The van der Waals surface area contributed by atoms with Crippen molar-refractivity contribution < 1.29 is 21.9 Å². The first-order valence-electron chi connectivity index (χ1n) is 7.72. The molecule has 0 atom stereocenters. The Balaban J connectivity index is 2.20. The van der Waals surface area contributed by atoms with Crippen LogP contribution in [0.4, 0.5) is 8.78 Å². The molecule has 1 N–H and O–H groups in total. The number of alkyl halides is 2. The summed E-state index contributed by atoms with van der Waals surface area (Å²) in [5.41, 5.74) is 3.91. The first kappa shape index (κ1) is 19.3. The third-order valence-electron chi connectivity index (χ3n) is 4.18. The van der Waals surface area contributed by atoms with Crippen molar-refractivity contribution in [1.29, 1.82) is 0 Å². The number of benzene rings is 2. The summed E-state index contributed by atoms with van der Waals surface area (Å²) in [5, 5.41) is 0. The third-order valence-corrected chi connectivity index (χ3v) is 5.85. The first-order chi connectivity index (χ1) is 11.6. The number of nitrogens with one attached hydrogen (secondary N) is 1. The number of halogens is 2. The molecule has 2 aromatic carbocycles. The maximum Gasteiger partial charge on any atom is 0.387 e. The van der Waals surface area contributed by atoms with E-state index in [0.29, 0.717) is 10.5 Å². The van der Waals surface area contributed by atoms with Crippen molar-refractivity contribution in [2.24, 2.45) is 0 Å². The van der Waals surface area contributed by atoms with Gasteiger partial charge >= 0.3 is 6.61 Å². The van der Waals surface area contributed by atoms with E-state index in [1.165, 1.54) is 12.1 Å². The van der Waals surface area contributed by atoms with Crippen molar-refractivity contribution in [2.45, 2.75) is 45.7 Å². The van der Waals surface area contributed by atoms with Crippen LogP contribution in [0.25, 0.3) is 0 Å². The summed E-state index contributed by atoms with van der Waals surface area (Å²) in [4.78, 5) is 0.294. The molecule has 25 heavy (non-hydrogen) atoms. The summed E-state index contributed by atoms with van der Waals surface area (Å²) in [6.45, 7) is 4.49. The molecule has 0 spiro atoms. The minimum atomic E-state index is -3.70. The van der Waals surface area contributed by atoms with Crippen LogP contribution in [0.5, 0.6) is 5.75 Å². The van der Waals surface area contributed by atoms with Crippen LogP contribution < -0.4 is 9.46 Å². The van der Waals surface area contributed by atoms with Crippen LogP contribution in [-0.2, 0) is 16.6 Å². The van der Waals surface area contributed by atoms with Gasteiger partial charge < -0.3 is 4.74 Å². The summed E-state index contributed by atoms with van der Waals surface area (Å²) in [5.74, 6) is 0.0302. The van der Waals surface area contributed by atoms with Gasteiger partial charge in [0.2, 0.25) is 10.0 Å². The van der Waals surface area contributed by atoms with E-state index in [-0.39, 0.29) is 12.3 Å². The van der Waals surface area contributed by atoms with Gasteiger partial charge in [-0.15, -0.1) is 0 Å². The van der Waals surface area contributed by atoms with Crippen molar-refractivity contribution in [3.63, 3.8) is 0 Å². The van der Waals surface area contributed by atoms with Crippen LogP contribution in [0.15, 0.2) is 35.2 Å². The second kappa shape index (κ2) is 7.49. The zero-order chi connectivity index (χ0) is 18.8. The molecular formula is C18H21F2NO3S. The van der Waals surface area contributed by atoms with Crippen molar-refractivity contribution in [3.05, 3.63) is 58.1 Å². The Morgan fingerprint density at radius 2 is 1.52 bits per heavy atom. The van der Waals surface area contributed by atoms with E-state index in [1.54, 1.807) is 26.0 Å². The predicted molar refractivity (Wildman–Crippen MR) is 92.5 cm³/mol. The Kier molecular flexibility index (Phi) is 5.80. The molecule has 7 heteroatoms. The molecule has 4 nitrogen and oxygen atoms in total. The fourth-order valence-corrected chi connectivity index (χ4v) is 4.25. The van der Waals surface area contributed by atoms with Gasteiger partial charge in [-0.25, -0.2) is 13.1 Å². The van der Waals surface area contributed by atoms with E-state index in [9.17, 15) is 17.2 Å². The Labute approximate surface area is 146 Å². The Morgan fingerprint density at radius 1 is 1.00 bits per heavy atom. The molecule has 0 aromatic heterocycles. The molecule has 0 saturated heterocycles. The number of hydrogen-bond acceptors (Lipinski definition) is 3. The van der Waals surface area contributed by atoms with Gasteiger partial charge in [-0.1, -0.05) is 18.2 Å². The molecule has 0 aliphatic heterocycles. The second-order valence-electron chi connectivity index (χ2n) is 5.94. The van der Waals surface area contributed by atoms with Crippen LogP contribution >= 0.6 is 0 Å². The van der Waals surface area contributed by atoms with Crippen LogP contribution in [0.2, 0.25) is 0 Å². The molecular weight excluding hydrogens is 348 g/mol. The summed E-state index contributed by atoms with van der Waals surface area (Å²) < 4.78 is 56.6. The third kappa shape index (κ3) is 4.55. The summed E-state index contributed by atoms with van der Waals surface area (Å²) in [6, 6.07) is 7.81. The van der Waals surface area contributed by atoms with E-state index >= 15 is 0 Å². The topological polar surface area (TPSA) is 55.4 Å². The van der Waals surface area contributed by atoms with Gasteiger partial charge in [0.15, 0.2) is 0 Å². The minimum absolute atomic E-state index is 0.0302. The fourth-order valence-electron chi connectivity index (χ4n) is 2.62. The van der Waals surface area contributed by atoms with Gasteiger partial charge in [-0.2, -0.15) is 8.78 Å². The molecule has 0 amide bonds. The van der Waals surface area contributed by atoms with Crippen molar-refractivity contribution in [3.8, 4) is 5.75 Å². The number of sulfonamides is 1. The smallest absolute Gasteiger partial charge is 0.387 e. The normalized spacial score (nSPS) is 11.8. The zero-order valence-electron chi connectivity index (χ0n) is 14.6. The predicted octanol–water partition coefficient (Wildman–Crippen LogP) is 4.00. The van der Waals surface area contributed by atoms with E-state index in [1.807, 2.05) is 19.9 Å². The van der Waals surface area contributed by atoms with Gasteiger partial charge in [0.25, 0.3) is 0 Å². The summed E-state index contributed by atoms with van der Waals surface area (Å²) in [6.07, 6.45) is 0. The number of ether oxygens (including phenoxy) is 1. The molecule has 0 bridgehead atoms. The summed E-state index contributed by atoms with van der Waals surface area (Å²) in [7, 11) is -3.70. The molecule has 0 heterocycles. The average molecular weight is 369 g/mol. The highest BCUT2D eigenvalue weighted by molar-refractivity contribution is 7.89. The zero-order valence-corrected chi connectivity index (χ0v) is 15.4. The van der Waals surface area contributed by atoms with Gasteiger partial charge in [0.1, 0.15) is 5.75 Å². The second-order valence-corrected chi connectivity index (χ2v) is 7.64. The first-order valence-corrected chi connectivity index (χ1v) is 9.21. The van der Waals surface area contributed by atoms with Crippen LogP contribution in [0, 0.1) is 27.7 Å². The monoisotopic (exact) mass is 369 g/mol. The average Bonchev–Trinajstić information content (AvgIpc) is 2.52.